The number of benzene rings is 1. The lowest BCUT2D eigenvalue weighted by Crippen LogP contribution is -2.30. The Morgan fingerprint density at radius 2 is 2.00 bits per heavy atom. The number of nitrogens with one attached hydrogen (secondary N) is 1. The smallest absolute Gasteiger partial charge is 0.224 e. The van der Waals surface area contributed by atoms with Gasteiger partial charge in [-0.05, 0) is 42.4 Å². The molecule has 0 saturated carbocycles. The number of carbonyl (C=O) groups excluding carboxylic acids is 1. The normalized spacial score (nSPS) is 14.2. The number of carbonyl (C=O) groups is 1. The highest BCUT2D eigenvalue weighted by Crippen LogP contribution is 2.22. The number of nitrogens with two attached hydrogens (primary N) is 1. The van der Waals surface area contributed by atoms with Crippen LogP contribution >= 0.6 is 0 Å². The Labute approximate surface area is 102 Å². The molecule has 3 nitrogen and oxygen atoms in total. The van der Waals surface area contributed by atoms with Crippen LogP contribution in [0.4, 0.5) is 0 Å². The summed E-state index contributed by atoms with van der Waals surface area (Å²) in [5, 5.41) is 2.80. The fourth-order valence-electron chi connectivity index (χ4n) is 2.36. The lowest BCUT2D eigenvalue weighted by Gasteiger charge is -2.16. The zero-order valence-corrected chi connectivity index (χ0v) is 10.2. The highest BCUT2D eigenvalue weighted by Gasteiger charge is 2.10. The zero-order valence-electron chi connectivity index (χ0n) is 10.2. The van der Waals surface area contributed by atoms with Gasteiger partial charge in [-0.25, -0.2) is 0 Å². The van der Waals surface area contributed by atoms with Crippen LogP contribution in [0.2, 0.25) is 0 Å². The number of fused-ring (bicyclic) bond motifs is 1. The molecule has 0 spiro atoms. The minimum atomic E-state index is 0.0613. The van der Waals surface area contributed by atoms with Crippen molar-refractivity contribution in [2.45, 2.75) is 32.1 Å². The summed E-state index contributed by atoms with van der Waals surface area (Å²) in [4.78, 5) is 11.6. The molecule has 92 valence electrons. The Balaban J connectivity index is 1.99. The molecule has 17 heavy (non-hydrogen) atoms. The van der Waals surface area contributed by atoms with Crippen molar-refractivity contribution >= 4 is 5.91 Å². The topological polar surface area (TPSA) is 55.1 Å². The Morgan fingerprint density at radius 3 is 2.76 bits per heavy atom. The SMILES string of the molecule is NCCNC(=O)Cc1ccc2c(c1)CCCC2. The van der Waals surface area contributed by atoms with Crippen LogP contribution < -0.4 is 11.1 Å². The number of hydrogen-bond donors (Lipinski definition) is 2. The summed E-state index contributed by atoms with van der Waals surface area (Å²) in [5.41, 5.74) is 9.35. The molecule has 1 aromatic carbocycles. The van der Waals surface area contributed by atoms with Crippen molar-refractivity contribution in [2.24, 2.45) is 5.73 Å². The van der Waals surface area contributed by atoms with Gasteiger partial charge in [-0.2, -0.15) is 0 Å². The van der Waals surface area contributed by atoms with Crippen LogP contribution in [0.25, 0.3) is 0 Å². The molecule has 1 aliphatic carbocycles. The van der Waals surface area contributed by atoms with Crippen molar-refractivity contribution in [3.8, 4) is 0 Å². The summed E-state index contributed by atoms with van der Waals surface area (Å²) in [6.45, 7) is 1.06. The van der Waals surface area contributed by atoms with Crippen molar-refractivity contribution in [2.75, 3.05) is 13.1 Å². The van der Waals surface area contributed by atoms with E-state index in [1.54, 1.807) is 0 Å². The van der Waals surface area contributed by atoms with Gasteiger partial charge in [0.1, 0.15) is 0 Å². The maximum atomic E-state index is 11.6. The number of rotatable bonds is 4. The third kappa shape index (κ3) is 3.30. The Bertz CT molecular complexity index is 401. The molecule has 1 amide bonds. The molecule has 1 aliphatic rings. The van der Waals surface area contributed by atoms with Gasteiger partial charge in [0.05, 0.1) is 6.42 Å². The first-order valence-corrected chi connectivity index (χ1v) is 6.37. The van der Waals surface area contributed by atoms with Crippen LogP contribution in [0.5, 0.6) is 0 Å². The van der Waals surface area contributed by atoms with Gasteiger partial charge in [0.2, 0.25) is 5.91 Å². The third-order valence-corrected chi connectivity index (χ3v) is 3.24. The Morgan fingerprint density at radius 1 is 1.24 bits per heavy atom. The maximum Gasteiger partial charge on any atom is 0.224 e. The molecule has 0 unspecified atom stereocenters. The largest absolute Gasteiger partial charge is 0.355 e. The fraction of sp³-hybridized carbons (Fsp3) is 0.500. The Hall–Kier alpha value is -1.35. The van der Waals surface area contributed by atoms with Crippen LogP contribution in [0, 0.1) is 0 Å². The van der Waals surface area contributed by atoms with Crippen molar-refractivity contribution in [3.05, 3.63) is 34.9 Å². The van der Waals surface area contributed by atoms with Crippen molar-refractivity contribution < 1.29 is 4.79 Å². The van der Waals surface area contributed by atoms with Crippen LogP contribution in [-0.2, 0) is 24.1 Å². The highest BCUT2D eigenvalue weighted by molar-refractivity contribution is 5.78. The van der Waals surface area contributed by atoms with E-state index >= 15 is 0 Å². The molecule has 0 heterocycles. The summed E-state index contributed by atoms with van der Waals surface area (Å²) >= 11 is 0. The number of hydrogen-bond acceptors (Lipinski definition) is 2. The second-order valence-corrected chi connectivity index (χ2v) is 4.63. The lowest BCUT2D eigenvalue weighted by atomic mass is 9.90. The second kappa shape index (κ2) is 5.82. The van der Waals surface area contributed by atoms with E-state index in [0.717, 1.165) is 12.0 Å². The van der Waals surface area contributed by atoms with Crippen LogP contribution in [0.3, 0.4) is 0 Å². The Kier molecular flexibility index (Phi) is 4.15. The summed E-state index contributed by atoms with van der Waals surface area (Å²) < 4.78 is 0. The molecule has 0 aromatic heterocycles. The molecule has 2 rings (SSSR count). The van der Waals surface area contributed by atoms with Gasteiger partial charge in [0.15, 0.2) is 0 Å². The van der Waals surface area contributed by atoms with Crippen LogP contribution in [0.1, 0.15) is 29.5 Å². The summed E-state index contributed by atoms with van der Waals surface area (Å²) in [5.74, 6) is 0.0613. The van der Waals surface area contributed by atoms with Crippen molar-refractivity contribution in [1.82, 2.24) is 5.32 Å². The first kappa shape index (κ1) is 12.1. The highest BCUT2D eigenvalue weighted by atomic mass is 16.1. The second-order valence-electron chi connectivity index (χ2n) is 4.63. The first-order valence-electron chi connectivity index (χ1n) is 6.37. The number of aryl methyl sites for hydroxylation is 2. The van der Waals surface area contributed by atoms with Crippen molar-refractivity contribution in [1.29, 1.82) is 0 Å². The van der Waals surface area contributed by atoms with E-state index < -0.39 is 0 Å². The van der Waals surface area contributed by atoms with Gasteiger partial charge < -0.3 is 11.1 Å². The fourth-order valence-corrected chi connectivity index (χ4v) is 2.36. The maximum absolute atomic E-state index is 11.6. The van der Waals surface area contributed by atoms with Crippen LogP contribution in [0.15, 0.2) is 18.2 Å². The molecule has 0 saturated heterocycles. The minimum Gasteiger partial charge on any atom is -0.355 e. The summed E-state index contributed by atoms with van der Waals surface area (Å²) in [6.07, 6.45) is 5.38. The molecule has 1 aromatic rings. The minimum absolute atomic E-state index is 0.0613. The van der Waals surface area contributed by atoms with E-state index in [-0.39, 0.29) is 5.91 Å². The van der Waals surface area contributed by atoms with Gasteiger partial charge >= 0.3 is 0 Å². The zero-order chi connectivity index (χ0) is 12.1. The molecule has 0 radical (unpaired) electrons. The summed E-state index contributed by atoms with van der Waals surface area (Å²) in [7, 11) is 0. The van der Waals surface area contributed by atoms with E-state index in [2.05, 4.69) is 23.5 Å². The molecule has 0 fully saturated rings. The standard InChI is InChI=1S/C14H20N2O/c15-7-8-16-14(17)10-11-5-6-12-3-1-2-4-13(12)9-11/h5-6,9H,1-4,7-8,10,15H2,(H,16,17). The van der Waals surface area contributed by atoms with E-state index in [0.29, 0.717) is 19.5 Å². The third-order valence-electron chi connectivity index (χ3n) is 3.24. The van der Waals surface area contributed by atoms with Crippen LogP contribution in [-0.4, -0.2) is 19.0 Å². The van der Waals surface area contributed by atoms with Gasteiger partial charge in [0, 0.05) is 13.1 Å². The van der Waals surface area contributed by atoms with Gasteiger partial charge in [-0.15, -0.1) is 0 Å². The monoisotopic (exact) mass is 232 g/mol. The molecule has 0 atom stereocenters. The van der Waals surface area contributed by atoms with Gasteiger partial charge in [-0.1, -0.05) is 18.2 Å². The van der Waals surface area contributed by atoms with Crippen molar-refractivity contribution in [3.63, 3.8) is 0 Å². The van der Waals surface area contributed by atoms with E-state index in [9.17, 15) is 4.79 Å². The van der Waals surface area contributed by atoms with E-state index in [1.165, 1.54) is 30.4 Å². The first-order chi connectivity index (χ1) is 8.29. The summed E-state index contributed by atoms with van der Waals surface area (Å²) in [6, 6.07) is 6.45. The number of amides is 1. The predicted octanol–water partition coefficient (Wildman–Crippen LogP) is 1.18. The molecule has 3 N–H and O–H groups in total. The van der Waals surface area contributed by atoms with Gasteiger partial charge in [-0.3, -0.25) is 4.79 Å². The molecule has 3 heteroatoms. The molecule has 0 bridgehead atoms. The van der Waals surface area contributed by atoms with E-state index in [1.807, 2.05) is 0 Å². The lowest BCUT2D eigenvalue weighted by molar-refractivity contribution is -0.120. The average Bonchev–Trinajstić information content (AvgIpc) is 2.36. The predicted molar refractivity (Wildman–Crippen MR) is 68.9 cm³/mol. The average molecular weight is 232 g/mol. The van der Waals surface area contributed by atoms with Gasteiger partial charge in [0.25, 0.3) is 0 Å². The molecular formula is C14H20N2O. The molecular weight excluding hydrogens is 212 g/mol. The van der Waals surface area contributed by atoms with E-state index in [4.69, 9.17) is 5.73 Å². The molecule has 0 aliphatic heterocycles. The quantitative estimate of drug-likeness (QED) is 0.819.